The maximum Gasteiger partial charge on any atom is 0.163 e. The van der Waals surface area contributed by atoms with Crippen LogP contribution in [0.15, 0.2) is 71.8 Å². The minimum absolute atomic E-state index is 0.0196. The Morgan fingerprint density at radius 1 is 0.929 bits per heavy atom. The molecule has 0 aliphatic carbocycles. The number of rotatable bonds is 4. The van der Waals surface area contributed by atoms with Crippen molar-refractivity contribution in [2.75, 3.05) is 5.43 Å². The highest BCUT2D eigenvalue weighted by Crippen LogP contribution is 2.29. The van der Waals surface area contributed by atoms with Crippen molar-refractivity contribution in [3.8, 4) is 22.9 Å². The predicted molar refractivity (Wildman–Crippen MR) is 111 cm³/mol. The van der Waals surface area contributed by atoms with Crippen LogP contribution in [0.2, 0.25) is 5.02 Å². The second-order valence-electron chi connectivity index (χ2n) is 6.01. The average molecular weight is 391 g/mol. The molecule has 0 saturated heterocycles. The molecular weight excluding hydrogens is 376 g/mol. The van der Waals surface area contributed by atoms with Crippen LogP contribution in [0.25, 0.3) is 22.3 Å². The lowest BCUT2D eigenvalue weighted by molar-refractivity contribution is 0.450. The van der Waals surface area contributed by atoms with Gasteiger partial charge in [0.25, 0.3) is 0 Å². The number of hydrogen-bond acceptors (Lipinski definition) is 6. The number of aromatic nitrogens is 2. The standard InChI is InChI=1S/C21H15ClN4O2/c22-17-7-3-1-5-15(17)20-24-18-8-4-2-6-16(18)21(25-20)26-23-12-13-9-10-14(27)11-19(13)28/h1-12,27-28H,(H,24,25,26)/b23-12-. The van der Waals surface area contributed by atoms with Crippen molar-refractivity contribution >= 4 is 34.5 Å². The van der Waals surface area contributed by atoms with Crippen molar-refractivity contribution in [2.45, 2.75) is 0 Å². The molecule has 0 radical (unpaired) electrons. The summed E-state index contributed by atoms with van der Waals surface area (Å²) in [5.41, 5.74) is 4.83. The lowest BCUT2D eigenvalue weighted by Crippen LogP contribution is -1.99. The molecule has 1 aromatic heterocycles. The van der Waals surface area contributed by atoms with Crippen molar-refractivity contribution in [3.63, 3.8) is 0 Å². The molecule has 0 fully saturated rings. The molecule has 0 aliphatic rings. The molecule has 0 unspecified atom stereocenters. The number of benzene rings is 3. The third-order valence-electron chi connectivity index (χ3n) is 4.11. The highest BCUT2D eigenvalue weighted by Gasteiger charge is 2.11. The van der Waals surface area contributed by atoms with Crippen LogP contribution in [0, 0.1) is 0 Å². The number of phenols is 2. The van der Waals surface area contributed by atoms with E-state index in [1.165, 1.54) is 18.3 Å². The number of halogens is 1. The summed E-state index contributed by atoms with van der Waals surface area (Å²) < 4.78 is 0. The molecule has 6 nitrogen and oxygen atoms in total. The molecule has 138 valence electrons. The fraction of sp³-hybridized carbons (Fsp3) is 0. The molecule has 3 N–H and O–H groups in total. The van der Waals surface area contributed by atoms with E-state index in [1.54, 1.807) is 12.1 Å². The van der Waals surface area contributed by atoms with E-state index in [-0.39, 0.29) is 11.5 Å². The van der Waals surface area contributed by atoms with Crippen molar-refractivity contribution < 1.29 is 10.2 Å². The van der Waals surface area contributed by atoms with Crippen LogP contribution in [0.5, 0.6) is 11.5 Å². The first-order chi connectivity index (χ1) is 13.6. The normalized spacial score (nSPS) is 11.2. The molecule has 1 heterocycles. The molecular formula is C21H15ClN4O2. The smallest absolute Gasteiger partial charge is 0.163 e. The zero-order chi connectivity index (χ0) is 19.5. The zero-order valence-corrected chi connectivity index (χ0v) is 15.3. The lowest BCUT2D eigenvalue weighted by Gasteiger charge is -2.09. The van der Waals surface area contributed by atoms with Gasteiger partial charge in [-0.15, -0.1) is 0 Å². The zero-order valence-electron chi connectivity index (χ0n) is 14.5. The highest BCUT2D eigenvalue weighted by molar-refractivity contribution is 6.33. The van der Waals surface area contributed by atoms with E-state index < -0.39 is 0 Å². The number of hydrogen-bond donors (Lipinski definition) is 3. The largest absolute Gasteiger partial charge is 0.508 e. The Kier molecular flexibility index (Phi) is 4.78. The van der Waals surface area contributed by atoms with Crippen LogP contribution in [-0.4, -0.2) is 26.4 Å². The van der Waals surface area contributed by atoms with Crippen molar-refractivity contribution in [1.29, 1.82) is 0 Å². The van der Waals surface area contributed by atoms with Gasteiger partial charge in [0.2, 0.25) is 0 Å². The van der Waals surface area contributed by atoms with Gasteiger partial charge in [-0.05, 0) is 36.4 Å². The third-order valence-corrected chi connectivity index (χ3v) is 4.44. The first-order valence-electron chi connectivity index (χ1n) is 8.44. The maximum atomic E-state index is 9.86. The van der Waals surface area contributed by atoms with Gasteiger partial charge in [0.1, 0.15) is 11.5 Å². The summed E-state index contributed by atoms with van der Waals surface area (Å²) >= 11 is 6.30. The van der Waals surface area contributed by atoms with E-state index in [4.69, 9.17) is 11.6 Å². The van der Waals surface area contributed by atoms with E-state index in [1.807, 2.05) is 42.5 Å². The van der Waals surface area contributed by atoms with Crippen LogP contribution in [-0.2, 0) is 0 Å². The molecule has 0 atom stereocenters. The molecule has 3 aromatic carbocycles. The Labute approximate surface area is 165 Å². The SMILES string of the molecule is Oc1ccc(/C=N\Nc2nc(-c3ccccc3Cl)nc3ccccc23)c(O)c1. The Morgan fingerprint density at radius 3 is 2.54 bits per heavy atom. The Balaban J connectivity index is 1.73. The van der Waals surface area contributed by atoms with Gasteiger partial charge >= 0.3 is 0 Å². The van der Waals surface area contributed by atoms with Gasteiger partial charge in [0.05, 0.1) is 16.8 Å². The van der Waals surface area contributed by atoms with Gasteiger partial charge in [-0.2, -0.15) is 5.10 Å². The van der Waals surface area contributed by atoms with Crippen LogP contribution < -0.4 is 5.43 Å². The number of phenolic OH excluding ortho intramolecular Hbond substituents is 2. The van der Waals surface area contributed by atoms with E-state index in [9.17, 15) is 10.2 Å². The minimum atomic E-state index is -0.0742. The van der Waals surface area contributed by atoms with Gasteiger partial charge < -0.3 is 10.2 Å². The Hall–Kier alpha value is -3.64. The van der Waals surface area contributed by atoms with Crippen LogP contribution in [0.1, 0.15) is 5.56 Å². The quantitative estimate of drug-likeness (QED) is 0.343. The van der Waals surface area contributed by atoms with E-state index in [0.29, 0.717) is 22.2 Å². The van der Waals surface area contributed by atoms with Crippen LogP contribution in [0.4, 0.5) is 5.82 Å². The number of hydrazone groups is 1. The van der Waals surface area contributed by atoms with Gasteiger partial charge in [0, 0.05) is 22.6 Å². The molecule has 4 rings (SSSR count). The van der Waals surface area contributed by atoms with E-state index in [2.05, 4.69) is 20.5 Å². The van der Waals surface area contributed by atoms with Gasteiger partial charge in [-0.25, -0.2) is 9.97 Å². The maximum absolute atomic E-state index is 9.86. The number of aromatic hydroxyl groups is 2. The molecule has 7 heteroatoms. The van der Waals surface area contributed by atoms with Crippen molar-refractivity contribution in [2.24, 2.45) is 5.10 Å². The Morgan fingerprint density at radius 2 is 1.71 bits per heavy atom. The van der Waals surface area contributed by atoms with Crippen molar-refractivity contribution in [3.05, 3.63) is 77.3 Å². The molecule has 28 heavy (non-hydrogen) atoms. The van der Waals surface area contributed by atoms with Gasteiger partial charge in [0.15, 0.2) is 11.6 Å². The average Bonchev–Trinajstić information content (AvgIpc) is 2.70. The van der Waals surface area contributed by atoms with E-state index >= 15 is 0 Å². The molecule has 0 bridgehead atoms. The van der Waals surface area contributed by atoms with Crippen LogP contribution >= 0.6 is 11.6 Å². The second kappa shape index (κ2) is 7.54. The molecule has 0 saturated carbocycles. The summed E-state index contributed by atoms with van der Waals surface area (Å²) in [5, 5.41) is 24.8. The van der Waals surface area contributed by atoms with Gasteiger partial charge in [-0.1, -0.05) is 35.9 Å². The van der Waals surface area contributed by atoms with Crippen LogP contribution in [0.3, 0.4) is 0 Å². The summed E-state index contributed by atoms with van der Waals surface area (Å²) in [7, 11) is 0. The Bertz CT molecular complexity index is 1190. The first kappa shape index (κ1) is 17.8. The second-order valence-corrected chi connectivity index (χ2v) is 6.41. The number of anilines is 1. The number of nitrogens with zero attached hydrogens (tertiary/aromatic N) is 3. The molecule has 4 aromatic rings. The summed E-state index contributed by atoms with van der Waals surface area (Å²) in [6, 6.07) is 19.2. The molecule has 0 spiro atoms. The predicted octanol–water partition coefficient (Wildman–Crippen LogP) is 4.81. The summed E-state index contributed by atoms with van der Waals surface area (Å²) in [5.74, 6) is 0.896. The van der Waals surface area contributed by atoms with Crippen molar-refractivity contribution in [1.82, 2.24) is 9.97 Å². The fourth-order valence-corrected chi connectivity index (χ4v) is 2.95. The number of para-hydroxylation sites is 1. The third kappa shape index (κ3) is 3.58. The highest BCUT2D eigenvalue weighted by atomic mass is 35.5. The number of fused-ring (bicyclic) bond motifs is 1. The molecule has 0 amide bonds. The fourth-order valence-electron chi connectivity index (χ4n) is 2.73. The minimum Gasteiger partial charge on any atom is -0.508 e. The summed E-state index contributed by atoms with van der Waals surface area (Å²) in [6.45, 7) is 0. The lowest BCUT2D eigenvalue weighted by atomic mass is 10.2. The topological polar surface area (TPSA) is 90.6 Å². The van der Waals surface area contributed by atoms with Gasteiger partial charge in [-0.3, -0.25) is 5.43 Å². The monoisotopic (exact) mass is 390 g/mol. The number of nitrogens with one attached hydrogen (secondary N) is 1. The first-order valence-corrected chi connectivity index (χ1v) is 8.82. The summed E-state index contributed by atoms with van der Waals surface area (Å²) in [4.78, 5) is 9.18. The van der Waals surface area contributed by atoms with E-state index in [0.717, 1.165) is 16.5 Å². The summed E-state index contributed by atoms with van der Waals surface area (Å²) in [6.07, 6.45) is 1.45. The molecule has 0 aliphatic heterocycles.